The fraction of sp³-hybridized carbons (Fsp3) is 0.400. The molecule has 4 heterocycles. The Morgan fingerprint density at radius 2 is 2.00 bits per heavy atom. The number of furan rings is 1. The molecular weight excluding hydrogens is 390 g/mol. The normalized spacial score (nSPS) is 20.7. The van der Waals surface area contributed by atoms with Gasteiger partial charge in [0, 0.05) is 49.9 Å². The van der Waals surface area contributed by atoms with E-state index in [9.17, 15) is 9.90 Å². The summed E-state index contributed by atoms with van der Waals surface area (Å²) >= 11 is 0. The number of hydrogen-bond acceptors (Lipinski definition) is 5. The third kappa shape index (κ3) is 4.31. The third-order valence-electron chi connectivity index (χ3n) is 6.52. The number of pyridine rings is 1. The van der Waals surface area contributed by atoms with Crippen LogP contribution in [-0.4, -0.2) is 39.6 Å². The van der Waals surface area contributed by atoms with E-state index in [0.29, 0.717) is 24.9 Å². The maximum atomic E-state index is 13.3. The maximum absolute atomic E-state index is 13.3. The van der Waals surface area contributed by atoms with Crippen molar-refractivity contribution in [2.45, 2.75) is 38.5 Å². The van der Waals surface area contributed by atoms with Crippen molar-refractivity contribution >= 4 is 0 Å². The highest BCUT2D eigenvalue weighted by atomic mass is 16.3. The molecule has 1 fully saturated rings. The van der Waals surface area contributed by atoms with E-state index in [1.54, 1.807) is 18.4 Å². The zero-order chi connectivity index (χ0) is 21.4. The lowest BCUT2D eigenvalue weighted by atomic mass is 9.83. The fourth-order valence-electron chi connectivity index (χ4n) is 5.28. The quantitative estimate of drug-likeness (QED) is 0.664. The van der Waals surface area contributed by atoms with Gasteiger partial charge in [0.1, 0.15) is 11.5 Å². The van der Waals surface area contributed by atoms with Crippen LogP contribution in [0, 0.1) is 5.92 Å². The zero-order valence-electron chi connectivity index (χ0n) is 17.9. The molecule has 1 saturated heterocycles. The molecule has 2 aromatic heterocycles. The van der Waals surface area contributed by atoms with Crippen molar-refractivity contribution < 1.29 is 9.52 Å². The second-order valence-electron chi connectivity index (χ2n) is 9.11. The van der Waals surface area contributed by atoms with Gasteiger partial charge in [-0.25, -0.2) is 0 Å². The summed E-state index contributed by atoms with van der Waals surface area (Å²) in [5.41, 5.74) is 3.18. The second-order valence-corrected chi connectivity index (χ2v) is 9.11. The molecule has 2 aliphatic rings. The first-order valence-electron chi connectivity index (χ1n) is 11.0. The molecule has 5 rings (SSSR count). The van der Waals surface area contributed by atoms with Crippen LogP contribution in [0.25, 0.3) is 0 Å². The first-order valence-corrected chi connectivity index (χ1v) is 11.0. The molecule has 3 aromatic rings. The minimum absolute atomic E-state index is 0.148. The smallest absolute Gasteiger partial charge is 0.255 e. The zero-order valence-corrected chi connectivity index (χ0v) is 17.9. The number of phenols is 1. The van der Waals surface area contributed by atoms with Gasteiger partial charge in [0.05, 0.1) is 12.8 Å². The van der Waals surface area contributed by atoms with Crippen molar-refractivity contribution in [2.24, 2.45) is 5.92 Å². The van der Waals surface area contributed by atoms with Crippen molar-refractivity contribution in [1.82, 2.24) is 14.4 Å². The predicted octanol–water partition coefficient (Wildman–Crippen LogP) is 3.40. The number of fused-ring (bicyclic) bond motifs is 4. The van der Waals surface area contributed by atoms with Gasteiger partial charge in [-0.1, -0.05) is 18.2 Å². The van der Waals surface area contributed by atoms with Crippen molar-refractivity contribution in [3.63, 3.8) is 0 Å². The molecule has 0 spiro atoms. The topological polar surface area (TPSA) is 61.9 Å². The first kappa shape index (κ1) is 20.1. The lowest BCUT2D eigenvalue weighted by Crippen LogP contribution is -2.47. The lowest BCUT2D eigenvalue weighted by Gasteiger charge is -2.42. The Morgan fingerprint density at radius 1 is 1.10 bits per heavy atom. The van der Waals surface area contributed by atoms with Crippen LogP contribution in [0.2, 0.25) is 0 Å². The van der Waals surface area contributed by atoms with Crippen molar-refractivity contribution in [1.29, 1.82) is 0 Å². The minimum atomic E-state index is 0.148. The summed E-state index contributed by atoms with van der Waals surface area (Å²) in [7, 11) is 2.01. The van der Waals surface area contributed by atoms with Gasteiger partial charge in [-0.3, -0.25) is 14.6 Å². The summed E-state index contributed by atoms with van der Waals surface area (Å²) in [5, 5.41) is 9.68. The van der Waals surface area contributed by atoms with Gasteiger partial charge < -0.3 is 14.1 Å². The molecule has 0 saturated carbocycles. The molecule has 31 heavy (non-hydrogen) atoms. The highest BCUT2D eigenvalue weighted by Gasteiger charge is 2.35. The average molecular weight is 420 g/mol. The molecule has 0 radical (unpaired) electrons. The minimum Gasteiger partial charge on any atom is -0.508 e. The van der Waals surface area contributed by atoms with Gasteiger partial charge >= 0.3 is 0 Å². The molecule has 0 aliphatic carbocycles. The predicted molar refractivity (Wildman–Crippen MR) is 119 cm³/mol. The molecule has 6 nitrogen and oxygen atoms in total. The second kappa shape index (κ2) is 8.36. The van der Waals surface area contributed by atoms with Crippen molar-refractivity contribution in [3.05, 3.63) is 87.7 Å². The first-order chi connectivity index (χ1) is 15.0. The molecule has 162 valence electrons. The van der Waals surface area contributed by atoms with E-state index in [0.717, 1.165) is 49.5 Å². The Bertz CT molecular complexity index is 1110. The summed E-state index contributed by atoms with van der Waals surface area (Å²) in [6.07, 6.45) is 2.89. The largest absolute Gasteiger partial charge is 0.508 e. The molecule has 2 aliphatic heterocycles. The Hall–Kier alpha value is -2.83. The summed E-state index contributed by atoms with van der Waals surface area (Å²) in [6, 6.07) is 15.4. The van der Waals surface area contributed by atoms with Gasteiger partial charge in [-0.2, -0.15) is 0 Å². The number of phenolic OH excluding ortho intramolecular Hbond substituents is 1. The van der Waals surface area contributed by atoms with Gasteiger partial charge in [0.15, 0.2) is 0 Å². The van der Waals surface area contributed by atoms with Crippen molar-refractivity contribution in [3.8, 4) is 5.75 Å². The lowest BCUT2D eigenvalue weighted by molar-refractivity contribution is 0.107. The molecular formula is C25H29N3O3. The number of likely N-dealkylation sites (tertiary alicyclic amines) is 1. The van der Waals surface area contributed by atoms with Gasteiger partial charge in [-0.15, -0.1) is 0 Å². The highest BCUT2D eigenvalue weighted by molar-refractivity contribution is 5.27. The van der Waals surface area contributed by atoms with Crippen LogP contribution in [0.15, 0.2) is 64.0 Å². The third-order valence-corrected chi connectivity index (χ3v) is 6.52. The molecule has 2 atom stereocenters. The van der Waals surface area contributed by atoms with Gasteiger partial charge in [0.25, 0.3) is 5.56 Å². The maximum Gasteiger partial charge on any atom is 0.255 e. The standard InChI is InChI=1S/C25H29N3O3/c1-26(12-18-4-2-5-22(29)11-18)15-20-7-8-24-21-10-19(14-28(24)25(20)30)13-27(16-21)17-23-6-3-9-31-23/h2-9,11,19,21,29H,10,12-17H2,1H3/t19-,21+/m0/s1. The number of aromatic nitrogens is 1. The molecule has 2 bridgehead atoms. The van der Waals surface area contributed by atoms with E-state index in [1.807, 2.05) is 41.9 Å². The van der Waals surface area contributed by atoms with Crippen LogP contribution in [0.5, 0.6) is 5.75 Å². The average Bonchev–Trinajstić information content (AvgIpc) is 3.23. The summed E-state index contributed by atoms with van der Waals surface area (Å²) in [4.78, 5) is 17.9. The Labute approximate surface area is 182 Å². The van der Waals surface area contributed by atoms with E-state index in [4.69, 9.17) is 4.42 Å². The van der Waals surface area contributed by atoms with E-state index >= 15 is 0 Å². The van der Waals surface area contributed by atoms with Crippen LogP contribution in [-0.2, 0) is 26.2 Å². The highest BCUT2D eigenvalue weighted by Crippen LogP contribution is 2.35. The Balaban J connectivity index is 1.30. The monoisotopic (exact) mass is 419 g/mol. The van der Waals surface area contributed by atoms with E-state index in [1.165, 1.54) is 5.69 Å². The van der Waals surface area contributed by atoms with Gasteiger partial charge in [-0.05, 0) is 55.3 Å². The number of nitrogens with zero attached hydrogens (tertiary/aromatic N) is 3. The van der Waals surface area contributed by atoms with Crippen LogP contribution in [0.3, 0.4) is 0 Å². The Kier molecular flexibility index (Phi) is 5.42. The van der Waals surface area contributed by atoms with Crippen LogP contribution >= 0.6 is 0 Å². The number of benzene rings is 1. The van der Waals surface area contributed by atoms with E-state index in [-0.39, 0.29) is 11.3 Å². The summed E-state index contributed by atoms with van der Waals surface area (Å²) < 4.78 is 7.56. The molecule has 0 amide bonds. The summed E-state index contributed by atoms with van der Waals surface area (Å²) in [5.74, 6) is 2.17. The summed E-state index contributed by atoms with van der Waals surface area (Å²) in [6.45, 7) is 4.88. The fourth-order valence-corrected chi connectivity index (χ4v) is 5.28. The number of piperidine rings is 1. The van der Waals surface area contributed by atoms with Crippen LogP contribution in [0.4, 0.5) is 0 Å². The molecule has 1 aromatic carbocycles. The van der Waals surface area contributed by atoms with Gasteiger partial charge in [0.2, 0.25) is 0 Å². The number of aromatic hydroxyl groups is 1. The van der Waals surface area contributed by atoms with Crippen LogP contribution in [0.1, 0.15) is 34.9 Å². The number of hydrogen-bond donors (Lipinski definition) is 1. The van der Waals surface area contributed by atoms with E-state index in [2.05, 4.69) is 15.9 Å². The SMILES string of the molecule is CN(Cc1cccc(O)c1)Cc1ccc2n(c1=O)C[C@H]1C[C@@H]2CN(Cc2ccco2)C1. The molecule has 6 heteroatoms. The van der Waals surface area contributed by atoms with Crippen molar-refractivity contribution in [2.75, 3.05) is 20.1 Å². The molecule has 1 N–H and O–H groups in total. The Morgan fingerprint density at radius 3 is 2.81 bits per heavy atom. The number of rotatable bonds is 6. The molecule has 0 unspecified atom stereocenters. The van der Waals surface area contributed by atoms with E-state index < -0.39 is 0 Å². The van der Waals surface area contributed by atoms with Crippen LogP contribution < -0.4 is 5.56 Å².